The van der Waals surface area contributed by atoms with Crippen molar-refractivity contribution in [2.24, 2.45) is 7.05 Å². The summed E-state index contributed by atoms with van der Waals surface area (Å²) in [4.78, 5) is 25.2. The van der Waals surface area contributed by atoms with E-state index in [1.54, 1.807) is 24.5 Å². The van der Waals surface area contributed by atoms with Crippen molar-refractivity contribution < 1.29 is 4.79 Å². The van der Waals surface area contributed by atoms with Gasteiger partial charge in [0.2, 0.25) is 0 Å². The molecule has 0 radical (unpaired) electrons. The van der Waals surface area contributed by atoms with Gasteiger partial charge in [-0.2, -0.15) is 0 Å². The second kappa shape index (κ2) is 9.34. The first-order valence-electron chi connectivity index (χ1n) is 10.2. The smallest absolute Gasteiger partial charge is 0.251 e. The van der Waals surface area contributed by atoms with Crippen molar-refractivity contribution in [1.29, 1.82) is 0 Å². The lowest BCUT2D eigenvalue weighted by Crippen LogP contribution is -2.27. The quantitative estimate of drug-likeness (QED) is 0.465. The van der Waals surface area contributed by atoms with Gasteiger partial charge in [0.1, 0.15) is 12.0 Å². The number of aromatic nitrogens is 6. The monoisotopic (exact) mass is 428 g/mol. The minimum absolute atomic E-state index is 0.158. The summed E-state index contributed by atoms with van der Waals surface area (Å²) >= 11 is 0. The normalized spacial score (nSPS) is 11.7. The van der Waals surface area contributed by atoms with E-state index >= 15 is 0 Å². The Bertz CT molecular complexity index is 1220. The third kappa shape index (κ3) is 4.77. The molecule has 3 aromatic heterocycles. The molecule has 4 rings (SSSR count). The number of anilines is 1. The van der Waals surface area contributed by atoms with Gasteiger partial charge in [-0.15, -0.1) is 10.2 Å². The summed E-state index contributed by atoms with van der Waals surface area (Å²) in [6.45, 7) is 4.37. The van der Waals surface area contributed by atoms with Gasteiger partial charge in [-0.1, -0.05) is 6.07 Å². The molecule has 9 heteroatoms. The van der Waals surface area contributed by atoms with E-state index in [4.69, 9.17) is 0 Å². The molecule has 9 nitrogen and oxygen atoms in total. The van der Waals surface area contributed by atoms with E-state index in [1.165, 1.54) is 6.33 Å². The first-order chi connectivity index (χ1) is 15.5. The summed E-state index contributed by atoms with van der Waals surface area (Å²) in [5.41, 5.74) is 4.01. The van der Waals surface area contributed by atoms with E-state index in [0.29, 0.717) is 23.6 Å². The number of amides is 1. The number of rotatable bonds is 7. The van der Waals surface area contributed by atoms with E-state index in [1.807, 2.05) is 55.8 Å². The van der Waals surface area contributed by atoms with Gasteiger partial charge in [0.15, 0.2) is 11.6 Å². The predicted molar refractivity (Wildman–Crippen MR) is 121 cm³/mol. The van der Waals surface area contributed by atoms with Gasteiger partial charge in [0, 0.05) is 30.7 Å². The highest BCUT2D eigenvalue weighted by molar-refractivity contribution is 5.95. The lowest BCUT2D eigenvalue weighted by Gasteiger charge is -2.14. The van der Waals surface area contributed by atoms with Crippen LogP contribution >= 0.6 is 0 Å². The molecule has 2 N–H and O–H groups in total. The van der Waals surface area contributed by atoms with Crippen LogP contribution in [0.1, 0.15) is 40.4 Å². The number of pyridine rings is 1. The molecule has 1 amide bonds. The van der Waals surface area contributed by atoms with Gasteiger partial charge >= 0.3 is 0 Å². The number of carbonyl (C=O) groups excluding carboxylic acids is 1. The number of hydrogen-bond donors (Lipinski definition) is 2. The summed E-state index contributed by atoms with van der Waals surface area (Å²) < 4.78 is 1.88. The maximum absolute atomic E-state index is 12.7. The van der Waals surface area contributed by atoms with Gasteiger partial charge in [0.05, 0.1) is 18.3 Å². The number of nitrogens with zero attached hydrogens (tertiary/aromatic N) is 6. The summed E-state index contributed by atoms with van der Waals surface area (Å²) in [5, 5.41) is 14.8. The highest BCUT2D eigenvalue weighted by atomic mass is 16.1. The fourth-order valence-corrected chi connectivity index (χ4v) is 3.26. The molecule has 0 aliphatic heterocycles. The van der Waals surface area contributed by atoms with Crippen LogP contribution in [-0.4, -0.2) is 35.6 Å². The van der Waals surface area contributed by atoms with Crippen molar-refractivity contribution in [2.45, 2.75) is 26.4 Å². The molecular formula is C23H24N8O. The molecule has 1 atom stereocenters. The van der Waals surface area contributed by atoms with Crippen molar-refractivity contribution in [3.63, 3.8) is 0 Å². The van der Waals surface area contributed by atoms with Crippen molar-refractivity contribution >= 4 is 11.6 Å². The van der Waals surface area contributed by atoms with Crippen molar-refractivity contribution in [3.05, 3.63) is 83.8 Å². The Morgan fingerprint density at radius 1 is 1.09 bits per heavy atom. The van der Waals surface area contributed by atoms with Crippen molar-refractivity contribution in [1.82, 2.24) is 35.0 Å². The molecule has 1 aromatic carbocycles. The van der Waals surface area contributed by atoms with Gasteiger partial charge < -0.3 is 15.2 Å². The standard InChI is InChI=1S/C23H24N8O/c1-15-7-10-25-20(11-15)16(2)28-23(32)17-5-4-6-18(12-17)26-13-21-29-30-22(31(21)3)19-8-9-24-14-27-19/h4-12,14,16,26H,13H2,1-3H3,(H,28,32). The largest absolute Gasteiger partial charge is 0.378 e. The van der Waals surface area contributed by atoms with E-state index in [0.717, 1.165) is 22.8 Å². The third-order valence-corrected chi connectivity index (χ3v) is 5.08. The molecule has 4 aromatic rings. The van der Waals surface area contributed by atoms with Gasteiger partial charge in [-0.05, 0) is 55.8 Å². The zero-order chi connectivity index (χ0) is 22.5. The van der Waals surface area contributed by atoms with E-state index < -0.39 is 0 Å². The van der Waals surface area contributed by atoms with Crippen LogP contribution in [0.5, 0.6) is 0 Å². The first-order valence-corrected chi connectivity index (χ1v) is 10.2. The van der Waals surface area contributed by atoms with Gasteiger partial charge in [-0.25, -0.2) is 9.97 Å². The Labute approximate surface area is 186 Å². The first kappa shape index (κ1) is 21.1. The summed E-state index contributed by atoms with van der Waals surface area (Å²) in [6.07, 6.45) is 4.90. The summed E-state index contributed by atoms with van der Waals surface area (Å²) in [5.74, 6) is 1.25. The van der Waals surface area contributed by atoms with Crippen LogP contribution in [0.2, 0.25) is 0 Å². The van der Waals surface area contributed by atoms with Crippen molar-refractivity contribution in [2.75, 3.05) is 5.32 Å². The molecule has 162 valence electrons. The van der Waals surface area contributed by atoms with Crippen LogP contribution in [0.3, 0.4) is 0 Å². The van der Waals surface area contributed by atoms with Crippen LogP contribution in [0.15, 0.2) is 61.2 Å². The van der Waals surface area contributed by atoms with Crippen molar-refractivity contribution in [3.8, 4) is 11.5 Å². The lowest BCUT2D eigenvalue weighted by atomic mass is 10.1. The SMILES string of the molecule is Cc1ccnc(C(C)NC(=O)c2cccc(NCc3nnc(-c4ccncn4)n3C)c2)c1. The van der Waals surface area contributed by atoms with Crippen LogP contribution < -0.4 is 10.6 Å². The molecule has 0 saturated heterocycles. The fourth-order valence-electron chi connectivity index (χ4n) is 3.26. The van der Waals surface area contributed by atoms with E-state index in [9.17, 15) is 4.79 Å². The summed E-state index contributed by atoms with van der Waals surface area (Å²) in [7, 11) is 1.89. The van der Waals surface area contributed by atoms with E-state index in [2.05, 4.69) is 35.8 Å². The average molecular weight is 429 g/mol. The molecule has 0 aliphatic rings. The Hall–Kier alpha value is -4.14. The molecule has 1 unspecified atom stereocenters. The highest BCUT2D eigenvalue weighted by Crippen LogP contribution is 2.17. The Kier molecular flexibility index (Phi) is 6.16. The van der Waals surface area contributed by atoms with Crippen LogP contribution in [-0.2, 0) is 13.6 Å². The summed E-state index contributed by atoms with van der Waals surface area (Å²) in [6, 6.07) is 12.8. The second-order valence-corrected chi connectivity index (χ2v) is 7.48. The third-order valence-electron chi connectivity index (χ3n) is 5.08. The molecule has 0 saturated carbocycles. The zero-order valence-corrected chi connectivity index (χ0v) is 18.1. The van der Waals surface area contributed by atoms with E-state index in [-0.39, 0.29) is 11.9 Å². The Balaban J connectivity index is 1.41. The maximum Gasteiger partial charge on any atom is 0.251 e. The Morgan fingerprint density at radius 2 is 1.97 bits per heavy atom. The minimum Gasteiger partial charge on any atom is -0.378 e. The number of aryl methyl sites for hydroxylation is 1. The number of benzene rings is 1. The minimum atomic E-state index is -0.196. The molecule has 32 heavy (non-hydrogen) atoms. The van der Waals surface area contributed by atoms with Crippen LogP contribution in [0.25, 0.3) is 11.5 Å². The zero-order valence-electron chi connectivity index (χ0n) is 18.1. The highest BCUT2D eigenvalue weighted by Gasteiger charge is 2.14. The Morgan fingerprint density at radius 3 is 2.75 bits per heavy atom. The van der Waals surface area contributed by atoms with Gasteiger partial charge in [-0.3, -0.25) is 9.78 Å². The number of hydrogen-bond acceptors (Lipinski definition) is 7. The molecule has 3 heterocycles. The molecule has 0 bridgehead atoms. The molecular weight excluding hydrogens is 404 g/mol. The topological polar surface area (TPSA) is 111 Å². The van der Waals surface area contributed by atoms with Gasteiger partial charge in [0.25, 0.3) is 5.91 Å². The second-order valence-electron chi connectivity index (χ2n) is 7.48. The number of nitrogens with one attached hydrogen (secondary N) is 2. The molecule has 0 aliphatic carbocycles. The molecule has 0 spiro atoms. The average Bonchev–Trinajstić information content (AvgIpc) is 3.18. The number of carbonyl (C=O) groups is 1. The predicted octanol–water partition coefficient (Wildman–Crippen LogP) is 3.08. The molecule has 0 fully saturated rings. The van der Waals surface area contributed by atoms with Crippen LogP contribution in [0, 0.1) is 6.92 Å². The lowest BCUT2D eigenvalue weighted by molar-refractivity contribution is 0.0939. The maximum atomic E-state index is 12.7. The van der Waals surface area contributed by atoms with Crippen LogP contribution in [0.4, 0.5) is 5.69 Å². The fraction of sp³-hybridized carbons (Fsp3) is 0.217.